The maximum Gasteiger partial charge on any atom is 0.199 e. The molecule has 6 nitrogen and oxygen atoms in total. The van der Waals surface area contributed by atoms with Gasteiger partial charge in [-0.2, -0.15) is 0 Å². The zero-order valence-electron chi connectivity index (χ0n) is 5.58. The van der Waals surface area contributed by atoms with Crippen LogP contribution in [0.1, 0.15) is 0 Å². The van der Waals surface area contributed by atoms with E-state index in [2.05, 4.69) is 0 Å². The first kappa shape index (κ1) is 9.15. The summed E-state index contributed by atoms with van der Waals surface area (Å²) in [5.41, 5.74) is 0. The van der Waals surface area contributed by atoms with Crippen LogP contribution in [0.15, 0.2) is 30.6 Å². The Hall–Kier alpha value is -1.85. The molecule has 0 fully saturated rings. The van der Waals surface area contributed by atoms with Crippen LogP contribution in [0.5, 0.6) is 0 Å². The highest BCUT2D eigenvalue weighted by Gasteiger charge is 1.79. The number of nitrogens with zero attached hydrogens (tertiary/aromatic N) is 2. The number of rotatable bonds is 0. The molecule has 0 saturated heterocycles. The van der Waals surface area contributed by atoms with Gasteiger partial charge in [0.2, 0.25) is 0 Å². The summed E-state index contributed by atoms with van der Waals surface area (Å²) in [5.74, 6) is 5.27. The lowest BCUT2D eigenvalue weighted by atomic mass is 10.5. The van der Waals surface area contributed by atoms with Crippen LogP contribution in [0, 0.1) is 15.3 Å². The topological polar surface area (TPSA) is 96.1 Å². The van der Waals surface area contributed by atoms with Crippen molar-refractivity contribution in [2.24, 2.45) is 0 Å². The van der Waals surface area contributed by atoms with Gasteiger partial charge in [0.15, 0.2) is 12.4 Å². The van der Waals surface area contributed by atoms with Crippen LogP contribution < -0.4 is 10.5 Å². The maximum atomic E-state index is 8.25. The standard InChI is InChI=1S/C5H7N2.NO3/c6-7-4-2-1-3-5-7;2-1(3)4/h1-5H,6H2;/q+1;-1. The van der Waals surface area contributed by atoms with Crippen LogP contribution in [-0.2, 0) is 0 Å². The van der Waals surface area contributed by atoms with Gasteiger partial charge in [0, 0.05) is 12.1 Å². The molecule has 0 atom stereocenters. The minimum absolute atomic E-state index is 1.50. The predicted octanol–water partition coefficient (Wildman–Crippen LogP) is -0.551. The fraction of sp³-hybridized carbons (Fsp3) is 0. The van der Waals surface area contributed by atoms with E-state index in [1.807, 2.05) is 18.2 Å². The van der Waals surface area contributed by atoms with Gasteiger partial charge in [-0.05, 0) is 0 Å². The molecule has 0 saturated carbocycles. The highest BCUT2D eigenvalue weighted by Crippen LogP contribution is 1.70. The van der Waals surface area contributed by atoms with Gasteiger partial charge < -0.3 is 15.3 Å². The summed E-state index contributed by atoms with van der Waals surface area (Å²) in [6, 6.07) is 5.67. The van der Waals surface area contributed by atoms with Crippen LogP contribution in [0.3, 0.4) is 0 Å². The van der Waals surface area contributed by atoms with Crippen molar-refractivity contribution in [2.45, 2.75) is 0 Å². The maximum absolute atomic E-state index is 8.25. The third kappa shape index (κ3) is 8.15. The van der Waals surface area contributed by atoms with Crippen LogP contribution in [0.2, 0.25) is 0 Å². The van der Waals surface area contributed by atoms with Crippen molar-refractivity contribution in [3.05, 3.63) is 45.9 Å². The molecule has 0 spiro atoms. The number of hydrogen-bond acceptors (Lipinski definition) is 4. The third-order valence-corrected chi connectivity index (χ3v) is 0.739. The van der Waals surface area contributed by atoms with E-state index in [9.17, 15) is 0 Å². The zero-order valence-corrected chi connectivity index (χ0v) is 5.58. The molecule has 0 aliphatic carbocycles. The smallest absolute Gasteiger partial charge is 0.199 e. The number of nitrogens with two attached hydrogens (primary N) is 1. The molecule has 6 heteroatoms. The highest BCUT2D eigenvalue weighted by molar-refractivity contribution is 4.83. The highest BCUT2D eigenvalue weighted by atomic mass is 16.9. The van der Waals surface area contributed by atoms with E-state index in [-0.39, 0.29) is 0 Å². The van der Waals surface area contributed by atoms with Crippen molar-refractivity contribution in [1.29, 1.82) is 0 Å². The van der Waals surface area contributed by atoms with Gasteiger partial charge in [-0.25, -0.2) is 5.84 Å². The summed E-state index contributed by atoms with van der Waals surface area (Å²) in [5, 5.41) is 14.8. The van der Waals surface area contributed by atoms with Crippen molar-refractivity contribution >= 4 is 0 Å². The average Bonchev–Trinajstić information content (AvgIpc) is 1.87. The second kappa shape index (κ2) is 4.98. The van der Waals surface area contributed by atoms with Crippen molar-refractivity contribution in [2.75, 3.05) is 5.84 Å². The normalized spacial score (nSPS) is 7.64. The summed E-state index contributed by atoms with van der Waals surface area (Å²) < 4.78 is 1.50. The Morgan fingerprint density at radius 3 is 1.73 bits per heavy atom. The zero-order chi connectivity index (χ0) is 8.69. The Balaban J connectivity index is 0.000000218. The first-order valence-electron chi connectivity index (χ1n) is 2.66. The third-order valence-electron chi connectivity index (χ3n) is 0.739. The molecule has 0 radical (unpaired) electrons. The summed E-state index contributed by atoms with van der Waals surface area (Å²) in [7, 11) is 0. The molecule has 0 unspecified atom stereocenters. The van der Waals surface area contributed by atoms with Gasteiger partial charge in [-0.15, -0.1) is 0 Å². The lowest BCUT2D eigenvalue weighted by molar-refractivity contribution is -0.638. The predicted molar refractivity (Wildman–Crippen MR) is 37.1 cm³/mol. The molecule has 1 aromatic heterocycles. The number of pyridine rings is 1. The minimum Gasteiger partial charge on any atom is -0.356 e. The van der Waals surface area contributed by atoms with E-state index in [1.54, 1.807) is 12.4 Å². The molecule has 1 aromatic rings. The average molecular weight is 157 g/mol. The van der Waals surface area contributed by atoms with Gasteiger partial charge in [0.1, 0.15) is 0 Å². The fourth-order valence-electron chi connectivity index (χ4n) is 0.412. The van der Waals surface area contributed by atoms with Gasteiger partial charge in [0.25, 0.3) is 0 Å². The Labute approximate surface area is 62.6 Å². The Morgan fingerprint density at radius 2 is 1.55 bits per heavy atom. The second-order valence-electron chi connectivity index (χ2n) is 1.55. The molecule has 11 heavy (non-hydrogen) atoms. The molecule has 0 aliphatic heterocycles. The molecule has 0 aromatic carbocycles. The van der Waals surface area contributed by atoms with Crippen LogP contribution in [-0.4, -0.2) is 5.09 Å². The summed E-state index contributed by atoms with van der Waals surface area (Å²) in [4.78, 5) is 8.25. The van der Waals surface area contributed by atoms with Crippen molar-refractivity contribution in [1.82, 2.24) is 0 Å². The number of aromatic nitrogens is 1. The number of nitrogen functional groups attached to an aromatic ring is 1. The Morgan fingerprint density at radius 1 is 1.18 bits per heavy atom. The Kier molecular flexibility index (Phi) is 4.14. The first-order chi connectivity index (χ1) is 5.13. The molecule has 2 N–H and O–H groups in total. The van der Waals surface area contributed by atoms with E-state index in [1.165, 1.54) is 4.68 Å². The van der Waals surface area contributed by atoms with Crippen molar-refractivity contribution < 1.29 is 9.76 Å². The minimum atomic E-state index is -1.75. The van der Waals surface area contributed by atoms with Crippen molar-refractivity contribution in [3.8, 4) is 0 Å². The molecular weight excluding hydrogens is 150 g/mol. The molecule has 1 rings (SSSR count). The van der Waals surface area contributed by atoms with Gasteiger partial charge in [0.05, 0.1) is 5.09 Å². The molecule has 0 aliphatic rings. The number of hydrogen-bond donors (Lipinski definition) is 1. The summed E-state index contributed by atoms with van der Waals surface area (Å²) >= 11 is 0. The largest absolute Gasteiger partial charge is 0.356 e. The monoisotopic (exact) mass is 157 g/mol. The molecular formula is C5H7N3O3. The first-order valence-corrected chi connectivity index (χ1v) is 2.66. The van der Waals surface area contributed by atoms with E-state index in [0.717, 1.165) is 0 Å². The molecule has 0 amide bonds. The second-order valence-corrected chi connectivity index (χ2v) is 1.55. The van der Waals surface area contributed by atoms with E-state index in [0.29, 0.717) is 0 Å². The summed E-state index contributed by atoms with van der Waals surface area (Å²) in [6.45, 7) is 0. The lowest BCUT2D eigenvalue weighted by Crippen LogP contribution is -2.42. The van der Waals surface area contributed by atoms with E-state index >= 15 is 0 Å². The van der Waals surface area contributed by atoms with Crippen molar-refractivity contribution in [3.63, 3.8) is 0 Å². The van der Waals surface area contributed by atoms with Crippen LogP contribution in [0.25, 0.3) is 0 Å². The Bertz CT molecular complexity index is 209. The van der Waals surface area contributed by atoms with Crippen LogP contribution in [0.4, 0.5) is 0 Å². The molecule has 0 bridgehead atoms. The molecule has 60 valence electrons. The van der Waals surface area contributed by atoms with Gasteiger partial charge in [-0.3, -0.25) is 0 Å². The quantitative estimate of drug-likeness (QED) is 0.236. The van der Waals surface area contributed by atoms with Gasteiger partial charge >= 0.3 is 0 Å². The SMILES string of the molecule is N[n+]1ccccc1.O=[N+]([O-])[O-]. The molecule has 1 heterocycles. The summed E-state index contributed by atoms with van der Waals surface area (Å²) in [6.07, 6.45) is 3.56. The van der Waals surface area contributed by atoms with Crippen LogP contribution >= 0.6 is 0 Å². The lowest BCUT2D eigenvalue weighted by Gasteiger charge is -1.76. The van der Waals surface area contributed by atoms with Gasteiger partial charge in [-0.1, -0.05) is 10.7 Å². The van der Waals surface area contributed by atoms with E-state index < -0.39 is 5.09 Å². The fourth-order valence-corrected chi connectivity index (χ4v) is 0.412. The van der Waals surface area contributed by atoms with E-state index in [4.69, 9.17) is 21.2 Å².